The fourth-order valence-electron chi connectivity index (χ4n) is 2.14. The standard InChI is InChI=1S/C19H23N3O3S.ClH/c1-26-11-10-17(20)19(24)22-15-8-5-9-16(12-15)25-13-18(23)21-14-6-3-2-4-7-14;/h2-9,12,17H,10-11,13,20H2,1H3,(H,21,23)(H,22,24);1H/t17-;/m0./s1. The van der Waals surface area contributed by atoms with Gasteiger partial charge >= 0.3 is 0 Å². The second-order valence-electron chi connectivity index (χ2n) is 5.61. The van der Waals surface area contributed by atoms with E-state index in [1.807, 2.05) is 24.5 Å². The van der Waals surface area contributed by atoms with Crippen molar-refractivity contribution in [1.82, 2.24) is 0 Å². The van der Waals surface area contributed by atoms with Crippen molar-refractivity contribution < 1.29 is 14.3 Å². The Morgan fingerprint density at radius 2 is 1.78 bits per heavy atom. The number of nitrogens with two attached hydrogens (primary N) is 1. The molecule has 0 heterocycles. The Bertz CT molecular complexity index is 731. The molecule has 0 spiro atoms. The molecule has 0 aromatic heterocycles. The molecule has 8 heteroatoms. The Balaban J connectivity index is 0.00000364. The molecule has 146 valence electrons. The first-order valence-corrected chi connectivity index (χ1v) is 9.61. The first-order chi connectivity index (χ1) is 12.6. The summed E-state index contributed by atoms with van der Waals surface area (Å²) in [5.41, 5.74) is 7.14. The van der Waals surface area contributed by atoms with E-state index in [1.54, 1.807) is 48.2 Å². The highest BCUT2D eigenvalue weighted by Gasteiger charge is 2.13. The number of anilines is 2. The van der Waals surface area contributed by atoms with Crippen LogP contribution in [0, 0.1) is 0 Å². The van der Waals surface area contributed by atoms with Gasteiger partial charge in [-0.15, -0.1) is 12.4 Å². The van der Waals surface area contributed by atoms with Gasteiger partial charge in [-0.1, -0.05) is 24.3 Å². The first-order valence-electron chi connectivity index (χ1n) is 8.21. The van der Waals surface area contributed by atoms with Crippen molar-refractivity contribution in [1.29, 1.82) is 0 Å². The van der Waals surface area contributed by atoms with Gasteiger partial charge in [-0.05, 0) is 42.7 Å². The second kappa shape index (κ2) is 12.2. The molecule has 0 saturated heterocycles. The van der Waals surface area contributed by atoms with Gasteiger partial charge in [0.05, 0.1) is 6.04 Å². The number of carbonyl (C=O) groups excluding carboxylic acids is 2. The smallest absolute Gasteiger partial charge is 0.262 e. The normalized spacial score (nSPS) is 11.0. The summed E-state index contributed by atoms with van der Waals surface area (Å²) in [6.07, 6.45) is 2.59. The Kier molecular flexibility index (Phi) is 10.3. The number of nitrogens with one attached hydrogen (secondary N) is 2. The highest BCUT2D eigenvalue weighted by atomic mass is 35.5. The van der Waals surface area contributed by atoms with Gasteiger partial charge in [0.2, 0.25) is 5.91 Å². The van der Waals surface area contributed by atoms with Gasteiger partial charge in [-0.25, -0.2) is 0 Å². The lowest BCUT2D eigenvalue weighted by atomic mass is 10.2. The Hall–Kier alpha value is -2.22. The average Bonchev–Trinajstić information content (AvgIpc) is 2.65. The van der Waals surface area contributed by atoms with Gasteiger partial charge in [0.1, 0.15) is 5.75 Å². The predicted molar refractivity (Wildman–Crippen MR) is 114 cm³/mol. The van der Waals surface area contributed by atoms with Crippen LogP contribution < -0.4 is 21.1 Å². The number of benzene rings is 2. The zero-order valence-electron chi connectivity index (χ0n) is 15.0. The van der Waals surface area contributed by atoms with Crippen LogP contribution in [0.1, 0.15) is 6.42 Å². The van der Waals surface area contributed by atoms with Crippen LogP contribution in [0.2, 0.25) is 0 Å². The summed E-state index contributed by atoms with van der Waals surface area (Å²) < 4.78 is 5.49. The first kappa shape index (κ1) is 22.8. The Morgan fingerprint density at radius 3 is 2.48 bits per heavy atom. The van der Waals surface area contributed by atoms with Crippen molar-refractivity contribution in [2.75, 3.05) is 29.2 Å². The summed E-state index contributed by atoms with van der Waals surface area (Å²) in [4.78, 5) is 24.0. The topological polar surface area (TPSA) is 93.5 Å². The van der Waals surface area contributed by atoms with Crippen molar-refractivity contribution in [3.8, 4) is 5.75 Å². The summed E-state index contributed by atoms with van der Waals surface area (Å²) in [7, 11) is 0. The lowest BCUT2D eigenvalue weighted by Crippen LogP contribution is -2.36. The van der Waals surface area contributed by atoms with Crippen LogP contribution in [0.3, 0.4) is 0 Å². The van der Waals surface area contributed by atoms with E-state index in [0.717, 1.165) is 5.75 Å². The fourth-order valence-corrected chi connectivity index (χ4v) is 2.63. The monoisotopic (exact) mass is 409 g/mol. The molecule has 0 fully saturated rings. The van der Waals surface area contributed by atoms with Crippen molar-refractivity contribution in [3.63, 3.8) is 0 Å². The molecule has 0 unspecified atom stereocenters. The number of thioether (sulfide) groups is 1. The molecular weight excluding hydrogens is 386 g/mol. The van der Waals surface area contributed by atoms with Gasteiger partial charge < -0.3 is 21.1 Å². The van der Waals surface area contributed by atoms with Crippen molar-refractivity contribution in [3.05, 3.63) is 54.6 Å². The molecule has 1 atom stereocenters. The summed E-state index contributed by atoms with van der Waals surface area (Å²) in [5.74, 6) is 0.820. The van der Waals surface area contributed by atoms with Gasteiger partial charge in [-0.2, -0.15) is 11.8 Å². The number of hydrogen-bond acceptors (Lipinski definition) is 5. The van der Waals surface area contributed by atoms with Crippen LogP contribution in [0.4, 0.5) is 11.4 Å². The molecule has 0 aliphatic carbocycles. The van der Waals surface area contributed by atoms with Crippen LogP contribution in [0.25, 0.3) is 0 Å². The minimum absolute atomic E-state index is 0. The average molecular weight is 410 g/mol. The summed E-state index contributed by atoms with van der Waals surface area (Å²) in [6.45, 7) is -0.125. The van der Waals surface area contributed by atoms with Crippen LogP contribution in [0.15, 0.2) is 54.6 Å². The van der Waals surface area contributed by atoms with Gasteiger partial charge in [0.25, 0.3) is 5.91 Å². The molecule has 0 saturated carbocycles. The Morgan fingerprint density at radius 1 is 1.07 bits per heavy atom. The molecule has 4 N–H and O–H groups in total. The zero-order chi connectivity index (χ0) is 18.8. The Labute approximate surface area is 169 Å². The molecule has 0 radical (unpaired) electrons. The number of para-hydroxylation sites is 1. The van der Waals surface area contributed by atoms with Crippen molar-refractivity contribution in [2.45, 2.75) is 12.5 Å². The van der Waals surface area contributed by atoms with Crippen LogP contribution >= 0.6 is 24.2 Å². The van der Waals surface area contributed by atoms with E-state index >= 15 is 0 Å². The molecule has 0 aliphatic rings. The maximum Gasteiger partial charge on any atom is 0.262 e. The zero-order valence-corrected chi connectivity index (χ0v) is 16.6. The van der Waals surface area contributed by atoms with Crippen LogP contribution in [-0.2, 0) is 9.59 Å². The minimum Gasteiger partial charge on any atom is -0.484 e. The van der Waals surface area contributed by atoms with Crippen LogP contribution in [-0.4, -0.2) is 36.5 Å². The molecule has 0 bridgehead atoms. The number of amides is 2. The molecule has 0 aliphatic heterocycles. The van der Waals surface area contributed by atoms with Crippen LogP contribution in [0.5, 0.6) is 5.75 Å². The van der Waals surface area contributed by atoms with Gasteiger partial charge in [0.15, 0.2) is 6.61 Å². The largest absolute Gasteiger partial charge is 0.484 e. The third kappa shape index (κ3) is 8.34. The van der Waals surface area contributed by atoms with E-state index in [2.05, 4.69) is 10.6 Å². The van der Waals surface area contributed by atoms with E-state index in [0.29, 0.717) is 23.5 Å². The highest BCUT2D eigenvalue weighted by Crippen LogP contribution is 2.18. The number of rotatable bonds is 9. The molecular formula is C19H24ClN3O3S. The lowest BCUT2D eigenvalue weighted by molar-refractivity contribution is -0.118. The fraction of sp³-hybridized carbons (Fsp3) is 0.263. The SMILES string of the molecule is CSCC[C@H](N)C(=O)Nc1cccc(OCC(=O)Nc2ccccc2)c1.Cl. The summed E-state index contributed by atoms with van der Waals surface area (Å²) >= 11 is 1.65. The summed E-state index contributed by atoms with van der Waals surface area (Å²) in [6, 6.07) is 15.5. The molecule has 2 aromatic carbocycles. The second-order valence-corrected chi connectivity index (χ2v) is 6.59. The molecule has 2 amide bonds. The number of halogens is 1. The minimum atomic E-state index is -0.552. The number of carbonyl (C=O) groups is 2. The third-order valence-corrected chi connectivity index (χ3v) is 4.14. The van der Waals surface area contributed by atoms with E-state index in [1.165, 1.54) is 0 Å². The van der Waals surface area contributed by atoms with E-state index < -0.39 is 6.04 Å². The third-order valence-electron chi connectivity index (χ3n) is 3.50. The number of ether oxygens (including phenoxy) is 1. The molecule has 6 nitrogen and oxygen atoms in total. The van der Waals surface area contributed by atoms with Crippen molar-refractivity contribution in [2.24, 2.45) is 5.73 Å². The highest BCUT2D eigenvalue weighted by molar-refractivity contribution is 7.98. The molecule has 27 heavy (non-hydrogen) atoms. The van der Waals surface area contributed by atoms with E-state index in [-0.39, 0.29) is 30.8 Å². The maximum absolute atomic E-state index is 12.0. The lowest BCUT2D eigenvalue weighted by Gasteiger charge is -2.13. The van der Waals surface area contributed by atoms with Crippen molar-refractivity contribution >= 4 is 47.4 Å². The van der Waals surface area contributed by atoms with Gasteiger partial charge in [-0.3, -0.25) is 9.59 Å². The van der Waals surface area contributed by atoms with E-state index in [4.69, 9.17) is 10.5 Å². The predicted octanol–water partition coefficient (Wildman–Crippen LogP) is 3.14. The summed E-state index contributed by atoms with van der Waals surface area (Å²) in [5, 5.41) is 5.51. The maximum atomic E-state index is 12.0. The van der Waals surface area contributed by atoms with Gasteiger partial charge in [0, 0.05) is 17.4 Å². The molecule has 2 rings (SSSR count). The molecule has 2 aromatic rings. The quantitative estimate of drug-likeness (QED) is 0.591. The van der Waals surface area contributed by atoms with E-state index in [9.17, 15) is 9.59 Å². The number of hydrogen-bond donors (Lipinski definition) is 3.